The van der Waals surface area contributed by atoms with E-state index < -0.39 is 11.7 Å². The Balaban J connectivity index is 2.75. The summed E-state index contributed by atoms with van der Waals surface area (Å²) in [6.45, 7) is 0. The number of rotatable bonds is 0. The molecule has 0 spiro atoms. The van der Waals surface area contributed by atoms with E-state index in [4.69, 9.17) is 0 Å². The van der Waals surface area contributed by atoms with Gasteiger partial charge in [0.15, 0.2) is 0 Å². The van der Waals surface area contributed by atoms with Gasteiger partial charge in [-0.3, -0.25) is 5.10 Å². The van der Waals surface area contributed by atoms with E-state index >= 15 is 0 Å². The van der Waals surface area contributed by atoms with Gasteiger partial charge in [-0.25, -0.2) is 0 Å². The lowest BCUT2D eigenvalue weighted by molar-refractivity contribution is -0.136. The van der Waals surface area contributed by atoms with E-state index in [0.717, 1.165) is 6.07 Å². The van der Waals surface area contributed by atoms with Crippen molar-refractivity contribution in [2.75, 3.05) is 0 Å². The summed E-state index contributed by atoms with van der Waals surface area (Å²) in [5.74, 6) is 0. The Bertz CT molecular complexity index is 432. The Kier molecular flexibility index (Phi) is 1.51. The number of nitrogens with one attached hydrogen (secondary N) is 1. The first-order valence-electron chi connectivity index (χ1n) is 3.46. The van der Waals surface area contributed by atoms with E-state index in [9.17, 15) is 13.2 Å². The molecule has 68 valence electrons. The molecule has 6 heteroatoms. The van der Waals surface area contributed by atoms with E-state index in [1.54, 1.807) is 0 Å². The highest BCUT2D eigenvalue weighted by Gasteiger charge is 2.33. The molecule has 13 heavy (non-hydrogen) atoms. The minimum atomic E-state index is -4.38. The SMILES string of the molecule is FC(F)(F)c1cccc2[nH]nnc12. The van der Waals surface area contributed by atoms with Gasteiger partial charge in [0.25, 0.3) is 0 Å². The Morgan fingerprint density at radius 1 is 1.23 bits per heavy atom. The molecule has 0 bridgehead atoms. The molecule has 0 saturated carbocycles. The van der Waals surface area contributed by atoms with Crippen molar-refractivity contribution in [1.29, 1.82) is 0 Å². The van der Waals surface area contributed by atoms with Crippen molar-refractivity contribution in [3.05, 3.63) is 23.8 Å². The molecule has 2 aromatic rings. The van der Waals surface area contributed by atoms with Crippen LogP contribution in [0, 0.1) is 0 Å². The number of halogens is 3. The number of hydrogen-bond donors (Lipinski definition) is 1. The molecule has 0 aliphatic rings. The molecule has 0 saturated heterocycles. The van der Waals surface area contributed by atoms with Gasteiger partial charge in [0, 0.05) is 0 Å². The van der Waals surface area contributed by atoms with Crippen molar-refractivity contribution in [2.45, 2.75) is 6.18 Å². The number of fused-ring (bicyclic) bond motifs is 1. The summed E-state index contributed by atoms with van der Waals surface area (Å²) >= 11 is 0. The molecule has 3 nitrogen and oxygen atoms in total. The monoisotopic (exact) mass is 187 g/mol. The van der Waals surface area contributed by atoms with Crippen LogP contribution >= 0.6 is 0 Å². The van der Waals surface area contributed by atoms with Gasteiger partial charge in [-0.05, 0) is 12.1 Å². The predicted octanol–water partition coefficient (Wildman–Crippen LogP) is 1.98. The molecule has 1 aromatic heterocycles. The van der Waals surface area contributed by atoms with Gasteiger partial charge in [0.2, 0.25) is 0 Å². The van der Waals surface area contributed by atoms with Crippen LogP contribution in [0.4, 0.5) is 13.2 Å². The number of hydrogen-bond acceptors (Lipinski definition) is 2. The fourth-order valence-corrected chi connectivity index (χ4v) is 1.10. The van der Waals surface area contributed by atoms with E-state index in [1.165, 1.54) is 12.1 Å². The molecule has 0 radical (unpaired) electrons. The van der Waals surface area contributed by atoms with Crippen molar-refractivity contribution in [1.82, 2.24) is 15.4 Å². The number of benzene rings is 1. The van der Waals surface area contributed by atoms with Crippen LogP contribution in [0.15, 0.2) is 18.2 Å². The van der Waals surface area contributed by atoms with Crippen LogP contribution in [0.2, 0.25) is 0 Å². The van der Waals surface area contributed by atoms with Gasteiger partial charge in [-0.15, -0.1) is 5.10 Å². The number of nitrogens with zero attached hydrogens (tertiary/aromatic N) is 2. The van der Waals surface area contributed by atoms with Crippen LogP contribution in [0.5, 0.6) is 0 Å². The van der Waals surface area contributed by atoms with Crippen LogP contribution in [0.25, 0.3) is 11.0 Å². The maximum absolute atomic E-state index is 12.3. The first-order chi connectivity index (χ1) is 6.09. The first-order valence-corrected chi connectivity index (χ1v) is 3.46. The van der Waals surface area contributed by atoms with E-state index in [0.29, 0.717) is 0 Å². The molecule has 1 aromatic carbocycles. The number of H-pyrrole nitrogens is 1. The lowest BCUT2D eigenvalue weighted by atomic mass is 10.2. The summed E-state index contributed by atoms with van der Waals surface area (Å²) < 4.78 is 36.9. The third-order valence-corrected chi connectivity index (χ3v) is 1.66. The standard InChI is InChI=1S/C7H4F3N3/c8-7(9,10)4-2-1-3-5-6(4)12-13-11-5/h1-3H,(H,11,12,13). The third kappa shape index (κ3) is 1.24. The van der Waals surface area contributed by atoms with Gasteiger partial charge in [0.1, 0.15) is 5.52 Å². The average Bonchev–Trinajstić information content (AvgIpc) is 2.48. The molecule has 0 atom stereocenters. The van der Waals surface area contributed by atoms with Crippen molar-refractivity contribution >= 4 is 11.0 Å². The van der Waals surface area contributed by atoms with Crippen LogP contribution in [0.1, 0.15) is 5.56 Å². The third-order valence-electron chi connectivity index (χ3n) is 1.66. The highest BCUT2D eigenvalue weighted by atomic mass is 19.4. The second-order valence-corrected chi connectivity index (χ2v) is 2.51. The molecular formula is C7H4F3N3. The van der Waals surface area contributed by atoms with Gasteiger partial charge >= 0.3 is 6.18 Å². The summed E-state index contributed by atoms with van der Waals surface area (Å²) in [5.41, 5.74) is -0.622. The molecule has 2 rings (SSSR count). The van der Waals surface area contributed by atoms with E-state index in [-0.39, 0.29) is 11.0 Å². The van der Waals surface area contributed by atoms with Crippen molar-refractivity contribution < 1.29 is 13.2 Å². The zero-order valence-corrected chi connectivity index (χ0v) is 6.26. The Morgan fingerprint density at radius 3 is 2.69 bits per heavy atom. The van der Waals surface area contributed by atoms with Gasteiger partial charge in [-0.1, -0.05) is 11.3 Å². The van der Waals surface area contributed by atoms with E-state index in [1.807, 2.05) is 0 Å². The van der Waals surface area contributed by atoms with Crippen molar-refractivity contribution in [3.8, 4) is 0 Å². The molecule has 1 heterocycles. The summed E-state index contributed by atoms with van der Waals surface area (Å²) in [6, 6.07) is 3.78. The summed E-state index contributed by atoms with van der Waals surface area (Å²) in [7, 11) is 0. The van der Waals surface area contributed by atoms with Crippen LogP contribution < -0.4 is 0 Å². The van der Waals surface area contributed by atoms with Crippen molar-refractivity contribution in [2.24, 2.45) is 0 Å². The summed E-state index contributed by atoms with van der Waals surface area (Å²) in [5, 5.41) is 9.03. The second kappa shape index (κ2) is 2.45. The zero-order valence-electron chi connectivity index (χ0n) is 6.26. The van der Waals surface area contributed by atoms with Crippen LogP contribution in [-0.4, -0.2) is 15.4 Å². The van der Waals surface area contributed by atoms with Crippen LogP contribution in [-0.2, 0) is 6.18 Å². The Hall–Kier alpha value is -1.59. The fraction of sp³-hybridized carbons (Fsp3) is 0.143. The largest absolute Gasteiger partial charge is 0.418 e. The van der Waals surface area contributed by atoms with E-state index in [2.05, 4.69) is 15.4 Å². The molecule has 0 aliphatic heterocycles. The fourth-order valence-electron chi connectivity index (χ4n) is 1.10. The lowest BCUT2D eigenvalue weighted by Crippen LogP contribution is -2.05. The summed E-state index contributed by atoms with van der Waals surface area (Å²) in [6.07, 6.45) is -4.38. The lowest BCUT2D eigenvalue weighted by Gasteiger charge is -2.05. The number of aromatic nitrogens is 3. The quantitative estimate of drug-likeness (QED) is 0.685. The predicted molar refractivity (Wildman–Crippen MR) is 38.9 cm³/mol. The topological polar surface area (TPSA) is 41.6 Å². The molecule has 1 N–H and O–H groups in total. The highest BCUT2D eigenvalue weighted by molar-refractivity contribution is 5.77. The molecule has 0 amide bonds. The summed E-state index contributed by atoms with van der Waals surface area (Å²) in [4.78, 5) is 0. The normalized spacial score (nSPS) is 12.2. The smallest absolute Gasteiger partial charge is 0.258 e. The first kappa shape index (κ1) is 8.03. The molecular weight excluding hydrogens is 183 g/mol. The second-order valence-electron chi connectivity index (χ2n) is 2.51. The Labute approximate surface area is 70.6 Å². The maximum Gasteiger partial charge on any atom is 0.418 e. The molecule has 0 unspecified atom stereocenters. The Morgan fingerprint density at radius 2 is 2.00 bits per heavy atom. The van der Waals surface area contributed by atoms with Crippen molar-refractivity contribution in [3.63, 3.8) is 0 Å². The number of aromatic amines is 1. The number of alkyl halides is 3. The molecule has 0 aliphatic carbocycles. The average molecular weight is 187 g/mol. The highest BCUT2D eigenvalue weighted by Crippen LogP contribution is 2.32. The van der Waals surface area contributed by atoms with Gasteiger partial charge < -0.3 is 0 Å². The zero-order chi connectivity index (χ0) is 9.47. The minimum Gasteiger partial charge on any atom is -0.258 e. The minimum absolute atomic E-state index is 0.144. The molecule has 0 fully saturated rings. The van der Waals surface area contributed by atoms with Gasteiger partial charge in [0.05, 0.1) is 11.1 Å². The van der Waals surface area contributed by atoms with Gasteiger partial charge in [-0.2, -0.15) is 13.2 Å². The maximum atomic E-state index is 12.3. The van der Waals surface area contributed by atoms with Crippen LogP contribution in [0.3, 0.4) is 0 Å².